The number of hydrogen-bond acceptors (Lipinski definition) is 2. The van der Waals surface area contributed by atoms with Crippen LogP contribution in [0.4, 0.5) is 0 Å². The summed E-state index contributed by atoms with van der Waals surface area (Å²) in [5.41, 5.74) is 4.61. The van der Waals surface area contributed by atoms with Gasteiger partial charge in [0.2, 0.25) is 0 Å². The zero-order chi connectivity index (χ0) is 11.0. The molecule has 1 aromatic carbocycles. The minimum absolute atomic E-state index is 0. The van der Waals surface area contributed by atoms with E-state index in [9.17, 15) is 0 Å². The molecule has 1 aromatic heterocycles. The molecule has 0 bridgehead atoms. The lowest BCUT2D eigenvalue weighted by molar-refractivity contribution is 0.637. The van der Waals surface area contributed by atoms with Crippen LogP contribution in [0.3, 0.4) is 0 Å². The molecule has 0 spiro atoms. The summed E-state index contributed by atoms with van der Waals surface area (Å²) in [6, 6.07) is 7.82. The molecular weight excluding hydrogens is 257 g/mol. The van der Waals surface area contributed by atoms with Crippen LogP contribution in [0.25, 0.3) is 11.3 Å². The van der Waals surface area contributed by atoms with Gasteiger partial charge in [-0.1, -0.05) is 23.7 Å². The number of H-pyrrole nitrogens is 1. The highest BCUT2D eigenvalue weighted by atomic mass is 35.5. The number of rotatable bonds is 1. The Balaban J connectivity index is 0.00000108. The van der Waals surface area contributed by atoms with Crippen LogP contribution in [0, 0.1) is 0 Å². The fourth-order valence-electron chi connectivity index (χ4n) is 2.10. The molecule has 0 saturated carbocycles. The summed E-state index contributed by atoms with van der Waals surface area (Å²) in [6.07, 6.45) is 1.02. The van der Waals surface area contributed by atoms with Gasteiger partial charge >= 0.3 is 0 Å². The number of hydrogen-bond donors (Lipinski definition) is 2. The van der Waals surface area contributed by atoms with Crippen LogP contribution >= 0.6 is 24.0 Å². The van der Waals surface area contributed by atoms with Crippen molar-refractivity contribution in [2.45, 2.75) is 13.0 Å². The topological polar surface area (TPSA) is 40.7 Å². The van der Waals surface area contributed by atoms with E-state index in [0.29, 0.717) is 0 Å². The highest BCUT2D eigenvalue weighted by Crippen LogP contribution is 2.27. The number of aromatic nitrogens is 2. The highest BCUT2D eigenvalue weighted by molar-refractivity contribution is 6.30. The standard InChI is InChI=1S/C12H12ClN3.ClH/c13-9-3-1-2-8(6-9)12-10-7-14-5-4-11(10)15-16-12;/h1-3,6,14H,4-5,7H2,(H,15,16);1H. The van der Waals surface area contributed by atoms with Crippen LogP contribution in [0.1, 0.15) is 11.3 Å². The molecule has 1 aliphatic heterocycles. The van der Waals surface area contributed by atoms with Crippen molar-refractivity contribution in [1.29, 1.82) is 0 Å². The van der Waals surface area contributed by atoms with E-state index in [1.807, 2.05) is 24.3 Å². The smallest absolute Gasteiger partial charge is 0.0969 e. The van der Waals surface area contributed by atoms with Gasteiger partial charge in [0.15, 0.2) is 0 Å². The predicted molar refractivity (Wildman–Crippen MR) is 71.7 cm³/mol. The Hall–Kier alpha value is -1.03. The molecule has 0 fully saturated rings. The number of aromatic amines is 1. The Kier molecular flexibility index (Phi) is 3.72. The Labute approximate surface area is 111 Å². The Bertz CT molecular complexity index is 522. The maximum Gasteiger partial charge on any atom is 0.0969 e. The number of nitrogens with one attached hydrogen (secondary N) is 2. The van der Waals surface area contributed by atoms with Crippen molar-refractivity contribution in [3.8, 4) is 11.3 Å². The summed E-state index contributed by atoms with van der Waals surface area (Å²) in [5, 5.41) is 11.6. The molecule has 1 aliphatic rings. The average molecular weight is 270 g/mol. The van der Waals surface area contributed by atoms with Crippen molar-refractivity contribution in [1.82, 2.24) is 15.5 Å². The zero-order valence-electron chi connectivity index (χ0n) is 9.16. The van der Waals surface area contributed by atoms with Crippen LogP contribution < -0.4 is 5.32 Å². The van der Waals surface area contributed by atoms with Crippen LogP contribution in [-0.4, -0.2) is 16.7 Å². The first-order valence-corrected chi connectivity index (χ1v) is 5.75. The van der Waals surface area contributed by atoms with Crippen molar-refractivity contribution in [2.24, 2.45) is 0 Å². The third-order valence-electron chi connectivity index (χ3n) is 2.90. The Morgan fingerprint density at radius 2 is 2.18 bits per heavy atom. The molecule has 0 unspecified atom stereocenters. The van der Waals surface area contributed by atoms with Crippen molar-refractivity contribution < 1.29 is 0 Å². The molecule has 0 aliphatic carbocycles. The van der Waals surface area contributed by atoms with Gasteiger partial charge in [-0.2, -0.15) is 5.10 Å². The third-order valence-corrected chi connectivity index (χ3v) is 3.14. The quantitative estimate of drug-likeness (QED) is 0.836. The molecule has 2 N–H and O–H groups in total. The van der Waals surface area contributed by atoms with Crippen LogP contribution in [0.5, 0.6) is 0 Å². The molecule has 0 saturated heterocycles. The summed E-state index contributed by atoms with van der Waals surface area (Å²) >= 11 is 5.99. The molecule has 0 radical (unpaired) electrons. The second-order valence-corrected chi connectivity index (χ2v) is 4.40. The minimum atomic E-state index is 0. The van der Waals surface area contributed by atoms with Gasteiger partial charge in [-0.15, -0.1) is 12.4 Å². The third kappa shape index (κ3) is 2.32. The summed E-state index contributed by atoms with van der Waals surface area (Å²) in [7, 11) is 0. The van der Waals surface area contributed by atoms with Crippen molar-refractivity contribution in [3.63, 3.8) is 0 Å². The lowest BCUT2D eigenvalue weighted by atomic mass is 10.0. The van der Waals surface area contributed by atoms with E-state index in [1.165, 1.54) is 11.3 Å². The van der Waals surface area contributed by atoms with Crippen molar-refractivity contribution in [3.05, 3.63) is 40.5 Å². The van der Waals surface area contributed by atoms with E-state index < -0.39 is 0 Å². The largest absolute Gasteiger partial charge is 0.312 e. The molecule has 5 heteroatoms. The first-order valence-electron chi connectivity index (χ1n) is 5.37. The van der Waals surface area contributed by atoms with E-state index in [-0.39, 0.29) is 12.4 Å². The van der Waals surface area contributed by atoms with Gasteiger partial charge in [0.25, 0.3) is 0 Å². The number of benzene rings is 1. The van der Waals surface area contributed by atoms with Gasteiger partial charge in [0.1, 0.15) is 0 Å². The van der Waals surface area contributed by atoms with Crippen LogP contribution in [0.15, 0.2) is 24.3 Å². The summed E-state index contributed by atoms with van der Waals surface area (Å²) in [4.78, 5) is 0. The van der Waals surface area contributed by atoms with Gasteiger partial charge in [0, 0.05) is 41.4 Å². The molecule has 0 atom stereocenters. The molecule has 0 amide bonds. The fraction of sp³-hybridized carbons (Fsp3) is 0.250. The summed E-state index contributed by atoms with van der Waals surface area (Å²) < 4.78 is 0. The first kappa shape index (κ1) is 12.4. The fourth-order valence-corrected chi connectivity index (χ4v) is 2.29. The van der Waals surface area contributed by atoms with Gasteiger partial charge in [0.05, 0.1) is 5.69 Å². The molecule has 17 heavy (non-hydrogen) atoms. The van der Waals surface area contributed by atoms with Crippen LogP contribution in [0.2, 0.25) is 5.02 Å². The van der Waals surface area contributed by atoms with E-state index >= 15 is 0 Å². The molecule has 2 aromatic rings. The lowest BCUT2D eigenvalue weighted by Crippen LogP contribution is -2.23. The monoisotopic (exact) mass is 269 g/mol. The Morgan fingerprint density at radius 3 is 3.00 bits per heavy atom. The highest BCUT2D eigenvalue weighted by Gasteiger charge is 2.17. The molecular formula is C12H13Cl2N3. The van der Waals surface area contributed by atoms with Crippen molar-refractivity contribution in [2.75, 3.05) is 6.54 Å². The van der Waals surface area contributed by atoms with Gasteiger partial charge in [-0.25, -0.2) is 0 Å². The number of nitrogens with zero attached hydrogens (tertiary/aromatic N) is 1. The first-order chi connectivity index (χ1) is 7.84. The second-order valence-electron chi connectivity index (χ2n) is 3.97. The normalized spacial score (nSPS) is 13.9. The lowest BCUT2D eigenvalue weighted by Gasteiger charge is -2.12. The van der Waals surface area contributed by atoms with Gasteiger partial charge in [-0.3, -0.25) is 5.10 Å². The number of fused-ring (bicyclic) bond motifs is 1. The molecule has 90 valence electrons. The minimum Gasteiger partial charge on any atom is -0.312 e. The van der Waals surface area contributed by atoms with Gasteiger partial charge < -0.3 is 5.32 Å². The van der Waals surface area contributed by atoms with Crippen molar-refractivity contribution >= 4 is 24.0 Å². The second kappa shape index (κ2) is 5.08. The molecule has 3 rings (SSSR count). The van der Waals surface area contributed by atoms with E-state index in [0.717, 1.165) is 35.8 Å². The zero-order valence-corrected chi connectivity index (χ0v) is 10.7. The summed E-state index contributed by atoms with van der Waals surface area (Å²) in [6.45, 7) is 1.90. The summed E-state index contributed by atoms with van der Waals surface area (Å²) in [5.74, 6) is 0. The number of halogens is 2. The van der Waals surface area contributed by atoms with Gasteiger partial charge in [-0.05, 0) is 12.1 Å². The molecule has 3 nitrogen and oxygen atoms in total. The molecule has 2 heterocycles. The maximum absolute atomic E-state index is 5.99. The SMILES string of the molecule is Cl.Clc1cccc(-c2n[nH]c3c2CNCC3)c1. The van der Waals surface area contributed by atoms with Crippen LogP contribution in [-0.2, 0) is 13.0 Å². The predicted octanol–water partition coefficient (Wildman–Crippen LogP) is 2.80. The van der Waals surface area contributed by atoms with E-state index in [1.54, 1.807) is 0 Å². The Morgan fingerprint density at radius 1 is 1.29 bits per heavy atom. The van der Waals surface area contributed by atoms with E-state index in [4.69, 9.17) is 11.6 Å². The average Bonchev–Trinajstić information content (AvgIpc) is 2.72. The van der Waals surface area contributed by atoms with E-state index in [2.05, 4.69) is 15.5 Å². The maximum atomic E-state index is 5.99.